The van der Waals surface area contributed by atoms with Crippen LogP contribution in [0.1, 0.15) is 62.5 Å². The summed E-state index contributed by atoms with van der Waals surface area (Å²) in [5, 5.41) is 18.5. The van der Waals surface area contributed by atoms with E-state index in [2.05, 4.69) is 48.5 Å². The van der Waals surface area contributed by atoms with Crippen molar-refractivity contribution in [3.63, 3.8) is 0 Å². The second-order valence-corrected chi connectivity index (χ2v) is 9.50. The molecule has 2 fully saturated rings. The van der Waals surface area contributed by atoms with Crippen LogP contribution in [0.3, 0.4) is 0 Å². The monoisotopic (exact) mass is 422 g/mol. The third kappa shape index (κ3) is 3.54. The molecule has 3 aliphatic rings. The number of hydrogen-bond donors (Lipinski definition) is 2. The Labute approximate surface area is 185 Å². The van der Waals surface area contributed by atoms with Gasteiger partial charge in [0, 0.05) is 5.41 Å². The summed E-state index contributed by atoms with van der Waals surface area (Å²) in [7, 11) is 0. The van der Waals surface area contributed by atoms with E-state index in [-0.39, 0.29) is 31.2 Å². The summed E-state index contributed by atoms with van der Waals surface area (Å²) in [5.74, 6) is 1.13. The maximum absolute atomic E-state index is 9.23. The number of ether oxygens (including phenoxy) is 2. The molecule has 0 radical (unpaired) electrons. The topological polar surface area (TPSA) is 58.9 Å². The van der Waals surface area contributed by atoms with E-state index in [4.69, 9.17) is 9.47 Å². The third-order valence-corrected chi connectivity index (χ3v) is 8.29. The molecular weight excluding hydrogens is 388 g/mol. The van der Waals surface area contributed by atoms with Crippen molar-refractivity contribution < 1.29 is 19.7 Å². The second-order valence-electron chi connectivity index (χ2n) is 9.50. The summed E-state index contributed by atoms with van der Waals surface area (Å²) >= 11 is 0. The van der Waals surface area contributed by atoms with Crippen LogP contribution in [0.4, 0.5) is 0 Å². The molecule has 2 saturated carbocycles. The van der Waals surface area contributed by atoms with E-state index in [1.807, 2.05) is 0 Å². The summed E-state index contributed by atoms with van der Waals surface area (Å²) < 4.78 is 11.1. The molecule has 0 aromatic heterocycles. The average Bonchev–Trinajstić information content (AvgIpc) is 3.12. The van der Waals surface area contributed by atoms with E-state index in [9.17, 15) is 10.2 Å². The molecule has 4 nitrogen and oxygen atoms in total. The van der Waals surface area contributed by atoms with Crippen LogP contribution in [0.25, 0.3) is 11.1 Å². The normalized spacial score (nSPS) is 29.4. The summed E-state index contributed by atoms with van der Waals surface area (Å²) in [4.78, 5) is 0. The van der Waals surface area contributed by atoms with Crippen LogP contribution in [0.5, 0.6) is 0 Å². The van der Waals surface area contributed by atoms with Crippen LogP contribution >= 0.6 is 0 Å². The first-order valence-corrected chi connectivity index (χ1v) is 11.9. The van der Waals surface area contributed by atoms with Crippen molar-refractivity contribution in [2.45, 2.75) is 69.0 Å². The Morgan fingerprint density at radius 3 is 1.39 bits per heavy atom. The van der Waals surface area contributed by atoms with Crippen molar-refractivity contribution in [1.82, 2.24) is 0 Å². The van der Waals surface area contributed by atoms with Gasteiger partial charge in [-0.1, -0.05) is 48.5 Å². The van der Waals surface area contributed by atoms with Crippen molar-refractivity contribution >= 4 is 0 Å². The molecule has 0 atom stereocenters. The Morgan fingerprint density at radius 1 is 0.613 bits per heavy atom. The molecule has 0 spiro atoms. The molecule has 2 N–H and O–H groups in total. The van der Waals surface area contributed by atoms with E-state index in [1.54, 1.807) is 0 Å². The molecule has 2 aromatic rings. The van der Waals surface area contributed by atoms with Crippen LogP contribution in [-0.4, -0.2) is 36.0 Å². The number of benzene rings is 2. The number of fused-ring (bicyclic) bond motifs is 3. The van der Waals surface area contributed by atoms with Crippen molar-refractivity contribution in [2.24, 2.45) is 11.8 Å². The van der Waals surface area contributed by atoms with E-state index in [0.717, 1.165) is 51.4 Å². The van der Waals surface area contributed by atoms with Gasteiger partial charge >= 0.3 is 0 Å². The van der Waals surface area contributed by atoms with Gasteiger partial charge in [0.05, 0.1) is 12.2 Å². The van der Waals surface area contributed by atoms with E-state index >= 15 is 0 Å². The van der Waals surface area contributed by atoms with Crippen molar-refractivity contribution in [2.75, 3.05) is 13.6 Å². The maximum atomic E-state index is 9.23. The highest BCUT2D eigenvalue weighted by Gasteiger charge is 2.54. The van der Waals surface area contributed by atoms with Crippen LogP contribution in [0.15, 0.2) is 48.5 Å². The lowest BCUT2D eigenvalue weighted by Gasteiger charge is -2.50. The van der Waals surface area contributed by atoms with Crippen molar-refractivity contribution in [1.29, 1.82) is 0 Å². The SMILES string of the molecule is OCOC1CCC(C2(C3CCC(OCO)CC3)c3ccccc3-c3ccccc32)CC1. The number of hydrogen-bond acceptors (Lipinski definition) is 4. The Balaban J connectivity index is 1.57. The summed E-state index contributed by atoms with van der Waals surface area (Å²) in [6.07, 6.45) is 8.92. The zero-order chi connectivity index (χ0) is 21.3. The van der Waals surface area contributed by atoms with Gasteiger partial charge in [0.2, 0.25) is 0 Å². The Hall–Kier alpha value is -1.72. The summed E-state index contributed by atoms with van der Waals surface area (Å²) in [6, 6.07) is 18.1. The van der Waals surface area contributed by atoms with Gasteiger partial charge in [-0.2, -0.15) is 0 Å². The van der Waals surface area contributed by atoms with Crippen LogP contribution < -0.4 is 0 Å². The van der Waals surface area contributed by atoms with Crippen molar-refractivity contribution in [3.8, 4) is 11.1 Å². The lowest BCUT2D eigenvalue weighted by molar-refractivity contribution is -0.0795. The van der Waals surface area contributed by atoms with Crippen molar-refractivity contribution in [3.05, 3.63) is 59.7 Å². The quantitative estimate of drug-likeness (QED) is 0.643. The molecule has 2 aromatic carbocycles. The van der Waals surface area contributed by atoms with E-state index in [1.165, 1.54) is 22.3 Å². The smallest absolute Gasteiger partial charge is 0.143 e. The Morgan fingerprint density at radius 2 is 1.00 bits per heavy atom. The van der Waals surface area contributed by atoms with Gasteiger partial charge in [0.1, 0.15) is 13.6 Å². The predicted octanol–water partition coefficient (Wildman–Crippen LogP) is 5.00. The number of aliphatic hydroxyl groups excluding tert-OH is 2. The molecule has 4 heteroatoms. The van der Waals surface area contributed by atoms with Gasteiger partial charge in [-0.05, 0) is 85.5 Å². The molecule has 5 rings (SSSR count). The zero-order valence-electron chi connectivity index (χ0n) is 18.2. The second kappa shape index (κ2) is 9.03. The third-order valence-electron chi connectivity index (χ3n) is 8.29. The Bertz CT molecular complexity index is 805. The minimum absolute atomic E-state index is 0.0293. The summed E-state index contributed by atoms with van der Waals surface area (Å²) in [6.45, 7) is -0.359. The number of aliphatic hydroxyl groups is 2. The maximum Gasteiger partial charge on any atom is 0.143 e. The highest BCUT2D eigenvalue weighted by Crippen LogP contribution is 2.61. The lowest BCUT2D eigenvalue weighted by atomic mass is 9.54. The van der Waals surface area contributed by atoms with Gasteiger partial charge in [0.15, 0.2) is 0 Å². The molecule has 166 valence electrons. The van der Waals surface area contributed by atoms with Gasteiger partial charge in [-0.25, -0.2) is 0 Å². The van der Waals surface area contributed by atoms with Gasteiger partial charge < -0.3 is 19.7 Å². The molecule has 3 aliphatic carbocycles. The van der Waals surface area contributed by atoms with E-state index < -0.39 is 0 Å². The van der Waals surface area contributed by atoms with Gasteiger partial charge in [-0.15, -0.1) is 0 Å². The Kier molecular flexibility index (Phi) is 6.16. The molecule has 0 saturated heterocycles. The highest BCUT2D eigenvalue weighted by atomic mass is 16.6. The molecule has 0 amide bonds. The fourth-order valence-electron chi connectivity index (χ4n) is 7.10. The van der Waals surface area contributed by atoms with Crippen LogP contribution in [-0.2, 0) is 14.9 Å². The summed E-state index contributed by atoms with van der Waals surface area (Å²) in [5.41, 5.74) is 5.85. The first-order valence-electron chi connectivity index (χ1n) is 11.9. The molecule has 0 heterocycles. The molecule has 0 aliphatic heterocycles. The molecule has 0 unspecified atom stereocenters. The van der Waals surface area contributed by atoms with Gasteiger partial charge in [-0.3, -0.25) is 0 Å². The van der Waals surface area contributed by atoms with Crippen LogP contribution in [0.2, 0.25) is 0 Å². The fourth-order valence-corrected chi connectivity index (χ4v) is 7.10. The predicted molar refractivity (Wildman–Crippen MR) is 120 cm³/mol. The number of rotatable bonds is 6. The molecule has 31 heavy (non-hydrogen) atoms. The highest BCUT2D eigenvalue weighted by molar-refractivity contribution is 5.81. The largest absolute Gasteiger partial charge is 0.371 e. The first-order chi connectivity index (χ1) is 15.3. The first kappa shape index (κ1) is 21.1. The fraction of sp³-hybridized carbons (Fsp3) is 0.556. The van der Waals surface area contributed by atoms with Crippen LogP contribution in [0, 0.1) is 11.8 Å². The molecular formula is C27H34O4. The molecule has 0 bridgehead atoms. The minimum Gasteiger partial charge on any atom is -0.371 e. The minimum atomic E-state index is -0.180. The van der Waals surface area contributed by atoms with E-state index in [0.29, 0.717) is 11.8 Å². The van der Waals surface area contributed by atoms with Gasteiger partial charge in [0.25, 0.3) is 0 Å². The zero-order valence-corrected chi connectivity index (χ0v) is 18.2. The average molecular weight is 423 g/mol. The standard InChI is InChI=1S/C27H34O4/c28-17-30-21-13-9-19(10-14-21)27(20-11-15-22(16-12-20)31-18-29)25-7-3-1-5-23(25)24-6-2-4-8-26(24)27/h1-8,19-22,28-29H,9-18H2. The lowest BCUT2D eigenvalue weighted by Crippen LogP contribution is -2.46.